The Hall–Kier alpha value is -7.48. The van der Waals surface area contributed by atoms with Gasteiger partial charge in [-0.2, -0.15) is 0 Å². The first-order valence-corrected chi connectivity index (χ1v) is 19.6. The third-order valence-electron chi connectivity index (χ3n) is 11.1. The summed E-state index contributed by atoms with van der Waals surface area (Å²) >= 11 is 0. The van der Waals surface area contributed by atoms with Crippen LogP contribution in [-0.2, 0) is 0 Å². The Morgan fingerprint density at radius 1 is 0.228 bits per heavy atom. The van der Waals surface area contributed by atoms with Gasteiger partial charge in [0.2, 0.25) is 0 Å². The topological polar surface area (TPSA) is 3.24 Å². The van der Waals surface area contributed by atoms with Crippen molar-refractivity contribution in [2.75, 3.05) is 4.90 Å². The molecule has 0 aliphatic carbocycles. The smallest absolute Gasteiger partial charge is 0.0540 e. The lowest BCUT2D eigenvalue weighted by molar-refractivity contribution is 1.28. The number of anilines is 3. The van der Waals surface area contributed by atoms with Gasteiger partial charge in [0.25, 0.3) is 0 Å². The molecule has 268 valence electrons. The zero-order valence-electron chi connectivity index (χ0n) is 31.5. The predicted molar refractivity (Wildman–Crippen MR) is 243 cm³/mol. The van der Waals surface area contributed by atoms with Crippen LogP contribution in [0.15, 0.2) is 237 Å². The summed E-state index contributed by atoms with van der Waals surface area (Å²) in [7, 11) is 0. The van der Waals surface area contributed by atoms with Crippen molar-refractivity contribution < 1.29 is 0 Å². The maximum atomic E-state index is 2.42. The minimum absolute atomic E-state index is 1.09. The number of rotatable bonds is 8. The van der Waals surface area contributed by atoms with Gasteiger partial charge in [-0.3, -0.25) is 0 Å². The van der Waals surface area contributed by atoms with Gasteiger partial charge in [0.15, 0.2) is 0 Å². The minimum Gasteiger partial charge on any atom is -0.309 e. The highest BCUT2D eigenvalue weighted by Crippen LogP contribution is 2.48. The van der Waals surface area contributed by atoms with Crippen molar-refractivity contribution in [1.82, 2.24) is 0 Å². The zero-order chi connectivity index (χ0) is 38.0. The first-order chi connectivity index (χ1) is 28.3. The number of hydrogen-bond acceptors (Lipinski definition) is 1. The van der Waals surface area contributed by atoms with Gasteiger partial charge in [0, 0.05) is 16.8 Å². The average Bonchev–Trinajstić information content (AvgIpc) is 3.30. The van der Waals surface area contributed by atoms with Gasteiger partial charge in [0.1, 0.15) is 0 Å². The maximum absolute atomic E-state index is 2.42. The lowest BCUT2D eigenvalue weighted by Crippen LogP contribution is -2.12. The molecule has 0 saturated heterocycles. The monoisotopic (exact) mass is 725 g/mol. The summed E-state index contributed by atoms with van der Waals surface area (Å²) in [6.45, 7) is 0. The van der Waals surface area contributed by atoms with E-state index in [4.69, 9.17) is 0 Å². The molecule has 1 heteroatoms. The Kier molecular flexibility index (Phi) is 8.95. The van der Waals surface area contributed by atoms with Crippen molar-refractivity contribution >= 4 is 38.6 Å². The van der Waals surface area contributed by atoms with Crippen LogP contribution in [0.25, 0.3) is 77.2 Å². The van der Waals surface area contributed by atoms with Crippen LogP contribution in [0.5, 0.6) is 0 Å². The van der Waals surface area contributed by atoms with E-state index in [1.807, 2.05) is 0 Å². The Morgan fingerprint density at radius 3 is 1.12 bits per heavy atom. The number of hydrogen-bond donors (Lipinski definition) is 0. The molecule has 0 saturated carbocycles. The molecule has 0 radical (unpaired) electrons. The molecule has 10 aromatic rings. The van der Waals surface area contributed by atoms with E-state index in [0.717, 1.165) is 17.1 Å². The second-order valence-corrected chi connectivity index (χ2v) is 14.4. The summed E-state index contributed by atoms with van der Waals surface area (Å²) in [5.74, 6) is 0. The van der Waals surface area contributed by atoms with E-state index in [0.29, 0.717) is 0 Å². The molecule has 0 amide bonds. The van der Waals surface area contributed by atoms with Gasteiger partial charge < -0.3 is 4.90 Å². The van der Waals surface area contributed by atoms with Gasteiger partial charge in [0.05, 0.1) is 11.4 Å². The van der Waals surface area contributed by atoms with Gasteiger partial charge in [-0.15, -0.1) is 0 Å². The molecule has 0 fully saturated rings. The predicted octanol–water partition coefficient (Wildman–Crippen LogP) is 15.8. The van der Waals surface area contributed by atoms with E-state index < -0.39 is 0 Å². The highest BCUT2D eigenvalue weighted by Gasteiger charge is 2.22. The van der Waals surface area contributed by atoms with Crippen LogP contribution in [0, 0.1) is 0 Å². The van der Waals surface area contributed by atoms with Crippen molar-refractivity contribution in [2.24, 2.45) is 0 Å². The Morgan fingerprint density at radius 2 is 0.596 bits per heavy atom. The summed E-state index contributed by atoms with van der Waals surface area (Å²) in [4.78, 5) is 2.42. The normalized spacial score (nSPS) is 11.2. The molecule has 10 rings (SSSR count). The van der Waals surface area contributed by atoms with E-state index in [-0.39, 0.29) is 0 Å². The molecule has 0 aliphatic heterocycles. The van der Waals surface area contributed by atoms with Crippen LogP contribution >= 0.6 is 0 Å². The molecule has 0 spiro atoms. The summed E-state index contributed by atoms with van der Waals surface area (Å²) in [5, 5.41) is 5.01. The van der Waals surface area contributed by atoms with E-state index in [1.165, 1.54) is 77.2 Å². The first-order valence-electron chi connectivity index (χ1n) is 19.6. The van der Waals surface area contributed by atoms with Gasteiger partial charge in [-0.25, -0.2) is 0 Å². The van der Waals surface area contributed by atoms with Gasteiger partial charge in [-0.05, 0) is 90.3 Å². The third-order valence-corrected chi connectivity index (χ3v) is 11.1. The van der Waals surface area contributed by atoms with Crippen LogP contribution in [0.1, 0.15) is 0 Å². The van der Waals surface area contributed by atoms with Crippen LogP contribution in [0.2, 0.25) is 0 Å². The fourth-order valence-corrected chi connectivity index (χ4v) is 8.55. The van der Waals surface area contributed by atoms with Crippen LogP contribution in [0.4, 0.5) is 17.1 Å². The molecule has 0 bridgehead atoms. The molecule has 0 aromatic heterocycles. The summed E-state index contributed by atoms with van der Waals surface area (Å²) in [6, 6.07) is 85.5. The third kappa shape index (κ3) is 6.26. The summed E-state index contributed by atoms with van der Waals surface area (Å²) in [6.07, 6.45) is 0. The molecule has 57 heavy (non-hydrogen) atoms. The zero-order valence-corrected chi connectivity index (χ0v) is 31.5. The lowest BCUT2D eigenvalue weighted by Gasteiger charge is -2.30. The van der Waals surface area contributed by atoms with E-state index in [1.54, 1.807) is 0 Å². The van der Waals surface area contributed by atoms with Crippen molar-refractivity contribution in [2.45, 2.75) is 0 Å². The molecule has 10 aromatic carbocycles. The maximum Gasteiger partial charge on any atom is 0.0540 e. The molecule has 0 unspecified atom stereocenters. The van der Waals surface area contributed by atoms with E-state index in [9.17, 15) is 0 Å². The highest BCUT2D eigenvalue weighted by atomic mass is 15.1. The number of fused-ring (bicyclic) bond motifs is 3. The van der Waals surface area contributed by atoms with Gasteiger partial charge >= 0.3 is 0 Å². The van der Waals surface area contributed by atoms with Crippen LogP contribution in [-0.4, -0.2) is 0 Å². The van der Waals surface area contributed by atoms with E-state index >= 15 is 0 Å². The molecule has 0 heterocycles. The summed E-state index contributed by atoms with van der Waals surface area (Å²) in [5.41, 5.74) is 15.4. The van der Waals surface area contributed by atoms with Gasteiger partial charge in [-0.1, -0.05) is 212 Å². The largest absolute Gasteiger partial charge is 0.309 e. The highest BCUT2D eigenvalue weighted by molar-refractivity contribution is 6.25. The quantitative estimate of drug-likeness (QED) is 0.141. The second-order valence-electron chi connectivity index (χ2n) is 14.4. The molecule has 1 nitrogen and oxygen atoms in total. The fourth-order valence-electron chi connectivity index (χ4n) is 8.55. The molecular formula is C56H39N. The van der Waals surface area contributed by atoms with Crippen molar-refractivity contribution in [1.29, 1.82) is 0 Å². The van der Waals surface area contributed by atoms with E-state index in [2.05, 4.69) is 241 Å². The lowest BCUT2D eigenvalue weighted by atomic mass is 9.83. The number of nitrogens with zero attached hydrogens (tertiary/aromatic N) is 1. The molecule has 0 atom stereocenters. The van der Waals surface area contributed by atoms with Crippen LogP contribution in [0.3, 0.4) is 0 Å². The fraction of sp³-hybridized carbons (Fsp3) is 0. The average molecular weight is 726 g/mol. The first kappa shape index (κ1) is 34.0. The second kappa shape index (κ2) is 15.0. The number of para-hydroxylation sites is 2. The molecule has 0 aliphatic rings. The minimum atomic E-state index is 1.09. The summed E-state index contributed by atoms with van der Waals surface area (Å²) < 4.78 is 0. The molecular weight excluding hydrogens is 687 g/mol. The molecule has 0 N–H and O–H groups in total. The Balaban J connectivity index is 1.19. The SMILES string of the molecule is c1ccc(-c2ccccc2N(c2ccc(-c3cccc4c(-c5ccccc5)c(-c5ccccc5)c5ccccc5c34)cc2)c2ccccc2-c2ccccc2)cc1. The number of benzene rings is 10. The van der Waals surface area contributed by atoms with Crippen molar-refractivity contribution in [3.05, 3.63) is 237 Å². The van der Waals surface area contributed by atoms with Crippen molar-refractivity contribution in [3.63, 3.8) is 0 Å². The van der Waals surface area contributed by atoms with Crippen molar-refractivity contribution in [3.8, 4) is 55.6 Å². The van der Waals surface area contributed by atoms with Crippen LogP contribution < -0.4 is 4.90 Å². The Labute approximate surface area is 334 Å². The standard InChI is InChI=1S/C56H39N/c1-5-20-40(21-6-1)46-28-15-17-34-52(46)57(53-35-18-16-29-47(53)41-22-7-2-8-23-41)45-38-36-42(37-39-45)48-32-19-33-51-55(44-26-11-4-12-27-44)54(43-24-9-3-10-25-43)49-30-13-14-31-50(49)56(48)51/h1-39H. The Bertz CT molecular complexity index is 2890.